The third-order valence-corrected chi connectivity index (χ3v) is 4.10. The van der Waals surface area contributed by atoms with Crippen LogP contribution in [0.3, 0.4) is 0 Å². The number of likely N-dealkylation sites (N-methyl/N-ethyl adjacent to an activating group) is 1. The summed E-state index contributed by atoms with van der Waals surface area (Å²) in [6.45, 7) is 2.16. The first-order chi connectivity index (χ1) is 7.38. The Balaban J connectivity index is 2.87. The molecule has 0 aliphatic carbocycles. The van der Waals surface area contributed by atoms with Crippen molar-refractivity contribution in [1.82, 2.24) is 19.8 Å². The summed E-state index contributed by atoms with van der Waals surface area (Å²) in [6.07, 6.45) is 1.30. The fraction of sp³-hybridized carbons (Fsp3) is 0.625. The summed E-state index contributed by atoms with van der Waals surface area (Å²) in [7, 11) is -0.315. The lowest BCUT2D eigenvalue weighted by molar-refractivity contribution is 0.542. The normalized spacial score (nSPS) is 14.0. The zero-order chi connectivity index (χ0) is 12.3. The molecular formula is C8H15ClN4O2S. The van der Waals surface area contributed by atoms with E-state index in [2.05, 4.69) is 15.1 Å². The average Bonchev–Trinajstić information content (AvgIpc) is 2.55. The van der Waals surface area contributed by atoms with Crippen LogP contribution in [-0.4, -0.2) is 37.8 Å². The van der Waals surface area contributed by atoms with Crippen LogP contribution in [0.2, 0.25) is 5.02 Å². The maximum absolute atomic E-state index is 11.9. The lowest BCUT2D eigenvalue weighted by Gasteiger charge is -2.12. The Hall–Kier alpha value is -0.630. The lowest BCUT2D eigenvalue weighted by Crippen LogP contribution is -2.37. The van der Waals surface area contributed by atoms with Crippen LogP contribution in [0.25, 0.3) is 0 Å². The molecule has 0 aliphatic heterocycles. The maximum atomic E-state index is 11.9. The largest absolute Gasteiger partial charge is 0.316 e. The molecular weight excluding hydrogens is 252 g/mol. The second-order valence-electron chi connectivity index (χ2n) is 3.46. The molecule has 92 valence electrons. The van der Waals surface area contributed by atoms with Crippen molar-refractivity contribution in [2.75, 3.05) is 13.6 Å². The zero-order valence-electron chi connectivity index (χ0n) is 9.36. The van der Waals surface area contributed by atoms with E-state index >= 15 is 0 Å². The maximum Gasteiger partial charge on any atom is 0.259 e. The Kier molecular flexibility index (Phi) is 4.31. The molecule has 0 spiro atoms. The van der Waals surface area contributed by atoms with Crippen LogP contribution in [0.5, 0.6) is 0 Å². The van der Waals surface area contributed by atoms with Gasteiger partial charge in [-0.15, -0.1) is 0 Å². The van der Waals surface area contributed by atoms with Gasteiger partial charge in [-0.3, -0.25) is 4.68 Å². The Morgan fingerprint density at radius 2 is 2.25 bits per heavy atom. The van der Waals surface area contributed by atoms with Crippen molar-refractivity contribution >= 4 is 21.6 Å². The van der Waals surface area contributed by atoms with Gasteiger partial charge in [0.2, 0.25) is 0 Å². The number of hydrogen-bond acceptors (Lipinski definition) is 4. The molecule has 0 saturated heterocycles. The second-order valence-corrected chi connectivity index (χ2v) is 5.55. The van der Waals surface area contributed by atoms with Gasteiger partial charge in [0, 0.05) is 19.6 Å². The Labute approximate surface area is 100 Å². The van der Waals surface area contributed by atoms with E-state index in [-0.39, 0.29) is 16.1 Å². The summed E-state index contributed by atoms with van der Waals surface area (Å²) in [6, 6.07) is 0.0433. The molecule has 1 heterocycles. The standard InChI is InChI=1S/C8H15ClN4O2S/c1-6(10-2)4-12-16(14,15)8-7(9)5-11-13(8)3/h5-6,10,12H,4H2,1-3H3. The molecule has 0 bridgehead atoms. The summed E-state index contributed by atoms with van der Waals surface area (Å²) in [5, 5.41) is 6.81. The van der Waals surface area contributed by atoms with Crippen LogP contribution in [0, 0.1) is 0 Å². The van der Waals surface area contributed by atoms with Crippen LogP contribution in [0.1, 0.15) is 6.92 Å². The zero-order valence-corrected chi connectivity index (χ0v) is 10.9. The van der Waals surface area contributed by atoms with E-state index in [4.69, 9.17) is 11.6 Å². The van der Waals surface area contributed by atoms with Gasteiger partial charge in [0.25, 0.3) is 10.0 Å². The fourth-order valence-electron chi connectivity index (χ4n) is 1.11. The van der Waals surface area contributed by atoms with Gasteiger partial charge in [0.1, 0.15) is 0 Å². The highest BCUT2D eigenvalue weighted by Gasteiger charge is 2.22. The molecule has 8 heteroatoms. The molecule has 1 aromatic rings. The number of rotatable bonds is 5. The third-order valence-electron chi connectivity index (χ3n) is 2.17. The van der Waals surface area contributed by atoms with E-state index in [1.54, 1.807) is 7.05 Å². The van der Waals surface area contributed by atoms with Crippen molar-refractivity contribution in [2.45, 2.75) is 18.0 Å². The van der Waals surface area contributed by atoms with E-state index in [0.29, 0.717) is 6.54 Å². The topological polar surface area (TPSA) is 76.0 Å². The first-order valence-electron chi connectivity index (χ1n) is 4.73. The van der Waals surface area contributed by atoms with Gasteiger partial charge in [0.05, 0.1) is 11.2 Å². The molecule has 16 heavy (non-hydrogen) atoms. The lowest BCUT2D eigenvalue weighted by atomic mass is 10.4. The minimum atomic E-state index is -3.60. The van der Waals surface area contributed by atoms with E-state index in [9.17, 15) is 8.42 Å². The molecule has 1 aromatic heterocycles. The van der Waals surface area contributed by atoms with Gasteiger partial charge >= 0.3 is 0 Å². The van der Waals surface area contributed by atoms with Gasteiger partial charge in [-0.2, -0.15) is 5.10 Å². The van der Waals surface area contributed by atoms with Crippen molar-refractivity contribution in [3.8, 4) is 0 Å². The first-order valence-corrected chi connectivity index (χ1v) is 6.59. The van der Waals surface area contributed by atoms with E-state index < -0.39 is 10.0 Å². The summed E-state index contributed by atoms with van der Waals surface area (Å²) >= 11 is 5.76. The number of aromatic nitrogens is 2. The first kappa shape index (κ1) is 13.4. The summed E-state index contributed by atoms with van der Waals surface area (Å²) in [5.74, 6) is 0. The van der Waals surface area contributed by atoms with Crippen LogP contribution >= 0.6 is 11.6 Å². The number of nitrogens with zero attached hydrogens (tertiary/aromatic N) is 2. The SMILES string of the molecule is CNC(C)CNS(=O)(=O)c1c(Cl)cnn1C. The molecule has 1 unspecified atom stereocenters. The molecule has 0 aromatic carbocycles. The second kappa shape index (κ2) is 5.13. The molecule has 2 N–H and O–H groups in total. The summed E-state index contributed by atoms with van der Waals surface area (Å²) in [5.41, 5.74) is 0. The number of nitrogens with one attached hydrogen (secondary N) is 2. The monoisotopic (exact) mass is 266 g/mol. The highest BCUT2D eigenvalue weighted by Crippen LogP contribution is 2.19. The van der Waals surface area contributed by atoms with Crippen molar-refractivity contribution in [3.63, 3.8) is 0 Å². The van der Waals surface area contributed by atoms with Crippen molar-refractivity contribution < 1.29 is 8.42 Å². The number of sulfonamides is 1. The highest BCUT2D eigenvalue weighted by molar-refractivity contribution is 7.89. The molecule has 0 amide bonds. The predicted octanol–water partition coefficient (Wildman–Crippen LogP) is -0.0403. The third kappa shape index (κ3) is 2.94. The minimum absolute atomic E-state index is 0.0162. The molecule has 0 fully saturated rings. The summed E-state index contributed by atoms with van der Waals surface area (Å²) in [4.78, 5) is 0. The van der Waals surface area contributed by atoms with E-state index in [1.807, 2.05) is 6.92 Å². The minimum Gasteiger partial charge on any atom is -0.316 e. The van der Waals surface area contributed by atoms with Gasteiger partial charge < -0.3 is 5.32 Å². The number of hydrogen-bond donors (Lipinski definition) is 2. The predicted molar refractivity (Wildman–Crippen MR) is 61.9 cm³/mol. The van der Waals surface area contributed by atoms with Gasteiger partial charge in [0.15, 0.2) is 5.03 Å². The molecule has 0 saturated carbocycles. The van der Waals surface area contributed by atoms with Crippen molar-refractivity contribution in [1.29, 1.82) is 0 Å². The Morgan fingerprint density at radius 1 is 1.62 bits per heavy atom. The highest BCUT2D eigenvalue weighted by atomic mass is 35.5. The molecule has 1 atom stereocenters. The van der Waals surface area contributed by atoms with Crippen LogP contribution in [-0.2, 0) is 17.1 Å². The van der Waals surface area contributed by atoms with Crippen LogP contribution in [0.4, 0.5) is 0 Å². The number of aryl methyl sites for hydroxylation is 1. The Morgan fingerprint density at radius 3 is 2.69 bits per heavy atom. The molecule has 1 rings (SSSR count). The van der Waals surface area contributed by atoms with Crippen LogP contribution < -0.4 is 10.0 Å². The molecule has 0 aliphatic rings. The quantitative estimate of drug-likeness (QED) is 0.784. The van der Waals surface area contributed by atoms with Gasteiger partial charge in [-0.25, -0.2) is 13.1 Å². The fourth-order valence-corrected chi connectivity index (χ4v) is 2.89. The number of halogens is 1. The summed E-state index contributed by atoms with van der Waals surface area (Å²) < 4.78 is 27.4. The van der Waals surface area contributed by atoms with Crippen LogP contribution in [0.15, 0.2) is 11.2 Å². The van der Waals surface area contributed by atoms with E-state index in [0.717, 1.165) is 0 Å². The molecule has 0 radical (unpaired) electrons. The molecule has 6 nitrogen and oxygen atoms in total. The van der Waals surface area contributed by atoms with E-state index in [1.165, 1.54) is 17.9 Å². The smallest absolute Gasteiger partial charge is 0.259 e. The Bertz CT molecular complexity index is 437. The van der Waals surface area contributed by atoms with Crippen molar-refractivity contribution in [3.05, 3.63) is 11.2 Å². The van der Waals surface area contributed by atoms with Crippen molar-refractivity contribution in [2.24, 2.45) is 7.05 Å². The average molecular weight is 267 g/mol. The van der Waals surface area contributed by atoms with Gasteiger partial charge in [-0.05, 0) is 14.0 Å². The van der Waals surface area contributed by atoms with Gasteiger partial charge in [-0.1, -0.05) is 11.6 Å².